The number of aromatic nitrogens is 3. The second-order valence-electron chi connectivity index (χ2n) is 5.71. The zero-order chi connectivity index (χ0) is 15.5. The molecule has 1 fully saturated rings. The number of amides is 2. The van der Waals surface area contributed by atoms with Crippen LogP contribution in [0.25, 0.3) is 0 Å². The lowest BCUT2D eigenvalue weighted by Gasteiger charge is -2.30. The summed E-state index contributed by atoms with van der Waals surface area (Å²) in [5, 5.41) is 6.80. The Kier molecular flexibility index (Phi) is 4.13. The van der Waals surface area contributed by atoms with Crippen molar-refractivity contribution in [2.24, 2.45) is 7.05 Å². The minimum Gasteiger partial charge on any atom is -0.353 e. The molecule has 3 rings (SSSR count). The lowest BCUT2D eigenvalue weighted by atomic mass is 9.97. The quantitative estimate of drug-likeness (QED) is 0.938. The summed E-state index contributed by atoms with van der Waals surface area (Å²) in [4.78, 5) is 18.3. The lowest BCUT2D eigenvalue weighted by Crippen LogP contribution is -2.44. The van der Waals surface area contributed by atoms with E-state index < -0.39 is 0 Å². The molecular formula is C15H21N5O2. The van der Waals surface area contributed by atoms with Gasteiger partial charge in [0.1, 0.15) is 0 Å². The van der Waals surface area contributed by atoms with Gasteiger partial charge in [-0.25, -0.2) is 4.79 Å². The van der Waals surface area contributed by atoms with Gasteiger partial charge >= 0.3 is 6.03 Å². The third kappa shape index (κ3) is 3.13. The predicted octanol–water partition coefficient (Wildman–Crippen LogP) is 1.81. The molecule has 7 heteroatoms. The average molecular weight is 303 g/mol. The zero-order valence-electron chi connectivity index (χ0n) is 13.0. The molecule has 0 aromatic carbocycles. The number of likely N-dealkylation sites (tertiary alicyclic amines) is 1. The molecule has 0 bridgehead atoms. The second-order valence-corrected chi connectivity index (χ2v) is 5.71. The number of hydrogen-bond acceptors (Lipinski definition) is 4. The molecule has 0 aliphatic carbocycles. The van der Waals surface area contributed by atoms with Crippen molar-refractivity contribution in [3.05, 3.63) is 35.7 Å². The molecule has 0 radical (unpaired) electrons. The maximum Gasteiger partial charge on any atom is 0.317 e. The summed E-state index contributed by atoms with van der Waals surface area (Å²) >= 11 is 0. The highest BCUT2D eigenvalue weighted by molar-refractivity contribution is 5.74. The summed E-state index contributed by atoms with van der Waals surface area (Å²) in [6.07, 6.45) is 3.69. The summed E-state index contributed by atoms with van der Waals surface area (Å²) in [6.45, 7) is 3.79. The monoisotopic (exact) mass is 303 g/mol. The maximum atomic E-state index is 12.2. The van der Waals surface area contributed by atoms with Gasteiger partial charge in [0, 0.05) is 37.9 Å². The molecular weight excluding hydrogens is 282 g/mol. The normalized spacial score (nSPS) is 16.0. The van der Waals surface area contributed by atoms with Crippen molar-refractivity contribution in [1.29, 1.82) is 0 Å². The van der Waals surface area contributed by atoms with Gasteiger partial charge in [-0.3, -0.25) is 0 Å². The molecule has 0 atom stereocenters. The highest BCUT2D eigenvalue weighted by Gasteiger charge is 2.27. The largest absolute Gasteiger partial charge is 0.353 e. The molecule has 1 N–H and O–H groups in total. The van der Waals surface area contributed by atoms with E-state index in [1.807, 2.05) is 41.8 Å². The Morgan fingerprint density at radius 2 is 2.23 bits per heavy atom. The number of urea groups is 1. The molecule has 118 valence electrons. The highest BCUT2D eigenvalue weighted by atomic mass is 16.5. The number of carbonyl (C=O) groups is 1. The Bertz CT molecular complexity index is 640. The van der Waals surface area contributed by atoms with Crippen LogP contribution in [0.3, 0.4) is 0 Å². The van der Waals surface area contributed by atoms with Crippen molar-refractivity contribution in [1.82, 2.24) is 24.9 Å². The van der Waals surface area contributed by atoms with Crippen molar-refractivity contribution < 1.29 is 9.32 Å². The fraction of sp³-hybridized carbons (Fsp3) is 0.533. The summed E-state index contributed by atoms with van der Waals surface area (Å²) in [5.74, 6) is 1.62. The van der Waals surface area contributed by atoms with E-state index in [0.717, 1.165) is 18.5 Å². The van der Waals surface area contributed by atoms with E-state index in [9.17, 15) is 4.79 Å². The molecule has 1 aliphatic heterocycles. The first-order valence-electron chi connectivity index (χ1n) is 7.56. The third-order valence-electron chi connectivity index (χ3n) is 4.15. The van der Waals surface area contributed by atoms with Crippen molar-refractivity contribution in [3.63, 3.8) is 0 Å². The Hall–Kier alpha value is -2.31. The van der Waals surface area contributed by atoms with Gasteiger partial charge in [0.2, 0.25) is 5.89 Å². The Labute approximate surface area is 129 Å². The molecule has 2 aromatic rings. The smallest absolute Gasteiger partial charge is 0.317 e. The summed E-state index contributed by atoms with van der Waals surface area (Å²) in [6, 6.07) is 3.96. The number of nitrogens with zero attached hydrogens (tertiary/aromatic N) is 4. The number of aryl methyl sites for hydroxylation is 2. The van der Waals surface area contributed by atoms with Crippen LogP contribution in [0.5, 0.6) is 0 Å². The van der Waals surface area contributed by atoms with E-state index in [0.29, 0.717) is 31.3 Å². The Balaban J connectivity index is 1.48. The molecule has 22 heavy (non-hydrogen) atoms. The van der Waals surface area contributed by atoms with Crippen LogP contribution in [-0.2, 0) is 13.6 Å². The topological polar surface area (TPSA) is 76.2 Å². The Morgan fingerprint density at radius 1 is 1.45 bits per heavy atom. The predicted molar refractivity (Wildman–Crippen MR) is 80.2 cm³/mol. The third-order valence-corrected chi connectivity index (χ3v) is 4.15. The van der Waals surface area contributed by atoms with Crippen LogP contribution in [-0.4, -0.2) is 38.7 Å². The highest BCUT2D eigenvalue weighted by Crippen LogP contribution is 2.26. The van der Waals surface area contributed by atoms with Gasteiger partial charge in [-0.15, -0.1) is 0 Å². The molecule has 0 saturated carbocycles. The lowest BCUT2D eigenvalue weighted by molar-refractivity contribution is 0.174. The second kappa shape index (κ2) is 6.21. The summed E-state index contributed by atoms with van der Waals surface area (Å²) < 4.78 is 7.23. The van der Waals surface area contributed by atoms with Gasteiger partial charge in [0.05, 0.1) is 6.54 Å². The molecule has 7 nitrogen and oxygen atoms in total. The van der Waals surface area contributed by atoms with E-state index in [1.165, 1.54) is 0 Å². The summed E-state index contributed by atoms with van der Waals surface area (Å²) in [7, 11) is 1.97. The van der Waals surface area contributed by atoms with Gasteiger partial charge in [0.15, 0.2) is 5.82 Å². The number of carbonyl (C=O) groups excluding carboxylic acids is 1. The number of piperidine rings is 1. The van der Waals surface area contributed by atoms with E-state index in [-0.39, 0.29) is 11.9 Å². The van der Waals surface area contributed by atoms with Crippen LogP contribution < -0.4 is 5.32 Å². The molecule has 0 spiro atoms. The number of rotatable bonds is 3. The maximum absolute atomic E-state index is 12.2. The van der Waals surface area contributed by atoms with Crippen LogP contribution in [0.15, 0.2) is 22.9 Å². The van der Waals surface area contributed by atoms with Crippen LogP contribution in [0, 0.1) is 6.92 Å². The molecule has 2 aromatic heterocycles. The standard InChI is InChI=1S/C15H21N5O2/c1-11-17-14(22-18-11)12-5-8-20(9-6-12)15(21)16-10-13-4-3-7-19(13)2/h3-4,7,12H,5-6,8-10H2,1-2H3,(H,16,21). The molecule has 0 unspecified atom stereocenters. The van der Waals surface area contributed by atoms with Gasteiger partial charge in [-0.05, 0) is 31.9 Å². The number of nitrogens with one attached hydrogen (secondary N) is 1. The van der Waals surface area contributed by atoms with Crippen LogP contribution in [0.2, 0.25) is 0 Å². The van der Waals surface area contributed by atoms with Gasteiger partial charge in [-0.1, -0.05) is 5.16 Å². The van der Waals surface area contributed by atoms with Crippen molar-refractivity contribution >= 4 is 6.03 Å². The Morgan fingerprint density at radius 3 is 2.82 bits per heavy atom. The first kappa shape index (κ1) is 14.6. The molecule has 1 aliphatic rings. The van der Waals surface area contributed by atoms with E-state index in [1.54, 1.807) is 0 Å². The molecule has 2 amide bonds. The zero-order valence-corrected chi connectivity index (χ0v) is 13.0. The number of hydrogen-bond donors (Lipinski definition) is 1. The van der Waals surface area contributed by atoms with Crippen molar-refractivity contribution in [3.8, 4) is 0 Å². The van der Waals surface area contributed by atoms with Gasteiger partial charge in [-0.2, -0.15) is 4.98 Å². The van der Waals surface area contributed by atoms with Gasteiger partial charge < -0.3 is 19.3 Å². The van der Waals surface area contributed by atoms with Crippen molar-refractivity contribution in [2.45, 2.75) is 32.2 Å². The fourth-order valence-corrected chi connectivity index (χ4v) is 2.77. The van der Waals surface area contributed by atoms with Crippen LogP contribution in [0.4, 0.5) is 4.79 Å². The van der Waals surface area contributed by atoms with Crippen LogP contribution >= 0.6 is 0 Å². The minimum absolute atomic E-state index is 0.0126. The summed E-state index contributed by atoms with van der Waals surface area (Å²) in [5.41, 5.74) is 1.09. The van der Waals surface area contributed by atoms with E-state index >= 15 is 0 Å². The van der Waals surface area contributed by atoms with Crippen molar-refractivity contribution in [2.75, 3.05) is 13.1 Å². The average Bonchev–Trinajstić information content (AvgIpc) is 3.13. The fourth-order valence-electron chi connectivity index (χ4n) is 2.77. The van der Waals surface area contributed by atoms with Gasteiger partial charge in [0.25, 0.3) is 0 Å². The molecule has 3 heterocycles. The first-order valence-corrected chi connectivity index (χ1v) is 7.56. The first-order chi connectivity index (χ1) is 10.6. The van der Waals surface area contributed by atoms with E-state index in [2.05, 4.69) is 15.5 Å². The SMILES string of the molecule is Cc1noc(C2CCN(C(=O)NCc3cccn3C)CC2)n1. The van der Waals surface area contributed by atoms with Crippen LogP contribution in [0.1, 0.15) is 36.2 Å². The van der Waals surface area contributed by atoms with E-state index in [4.69, 9.17) is 4.52 Å². The minimum atomic E-state index is -0.0126. The molecule has 1 saturated heterocycles.